The van der Waals surface area contributed by atoms with Crippen LogP contribution in [0.2, 0.25) is 0 Å². The van der Waals surface area contributed by atoms with Gasteiger partial charge in [-0.2, -0.15) is 0 Å². The van der Waals surface area contributed by atoms with Crippen molar-refractivity contribution in [3.05, 3.63) is 24.3 Å². The zero-order valence-electron chi connectivity index (χ0n) is 12.8. The average Bonchev–Trinajstić information content (AvgIpc) is 2.85. The summed E-state index contributed by atoms with van der Waals surface area (Å²) in [5, 5.41) is 9.03. The molecule has 2 rings (SSSR count). The molecule has 1 aliphatic rings. The molecule has 5 heteroatoms. The molecule has 1 aliphatic heterocycles. The lowest BCUT2D eigenvalue weighted by Gasteiger charge is -2.15. The van der Waals surface area contributed by atoms with Crippen LogP contribution in [0.5, 0.6) is 0 Å². The lowest BCUT2D eigenvalue weighted by Crippen LogP contribution is -2.32. The van der Waals surface area contributed by atoms with E-state index >= 15 is 0 Å². The molecule has 2 atom stereocenters. The van der Waals surface area contributed by atoms with E-state index in [-0.39, 0.29) is 29.7 Å². The maximum atomic E-state index is 12.2. The highest BCUT2D eigenvalue weighted by Gasteiger charge is 2.29. The Morgan fingerprint density at radius 2 is 1.90 bits per heavy atom. The molecule has 5 nitrogen and oxygen atoms in total. The van der Waals surface area contributed by atoms with Gasteiger partial charge in [0.25, 0.3) is 0 Å². The van der Waals surface area contributed by atoms with E-state index in [9.17, 15) is 9.59 Å². The van der Waals surface area contributed by atoms with Crippen molar-refractivity contribution in [2.24, 2.45) is 11.8 Å². The predicted octanol–water partition coefficient (Wildman–Crippen LogP) is 2.22. The van der Waals surface area contributed by atoms with E-state index in [0.29, 0.717) is 11.4 Å². The lowest BCUT2D eigenvalue weighted by molar-refractivity contribution is -0.120. The van der Waals surface area contributed by atoms with Gasteiger partial charge in [-0.05, 0) is 38.1 Å². The largest absolute Gasteiger partial charge is 0.326 e. The fourth-order valence-corrected chi connectivity index (χ4v) is 2.41. The van der Waals surface area contributed by atoms with Crippen LogP contribution in [0.1, 0.15) is 27.2 Å². The van der Waals surface area contributed by atoms with Gasteiger partial charge in [-0.15, -0.1) is 0 Å². The Morgan fingerprint density at radius 3 is 2.48 bits per heavy atom. The van der Waals surface area contributed by atoms with Crippen molar-refractivity contribution >= 4 is 23.2 Å². The minimum absolute atomic E-state index is 0.00101. The van der Waals surface area contributed by atoms with Crippen LogP contribution in [-0.2, 0) is 9.59 Å². The Labute approximate surface area is 125 Å². The van der Waals surface area contributed by atoms with Crippen molar-refractivity contribution in [2.75, 3.05) is 17.2 Å². The van der Waals surface area contributed by atoms with Crippen molar-refractivity contribution < 1.29 is 9.59 Å². The van der Waals surface area contributed by atoms with Crippen LogP contribution in [0.4, 0.5) is 11.4 Å². The Morgan fingerprint density at radius 1 is 1.24 bits per heavy atom. The van der Waals surface area contributed by atoms with Crippen molar-refractivity contribution in [2.45, 2.75) is 33.2 Å². The molecule has 0 aromatic heterocycles. The molecule has 1 aromatic carbocycles. The number of carbonyl (C=O) groups excluding carboxylic acids is 2. The minimum Gasteiger partial charge on any atom is -0.326 e. The molecule has 0 radical (unpaired) electrons. The third kappa shape index (κ3) is 4.04. The highest BCUT2D eigenvalue weighted by atomic mass is 16.2. The second-order valence-corrected chi connectivity index (χ2v) is 5.85. The van der Waals surface area contributed by atoms with Crippen LogP contribution in [0.15, 0.2) is 24.3 Å². The molecule has 1 aromatic rings. The first-order chi connectivity index (χ1) is 9.97. The molecule has 0 bridgehead atoms. The molecular formula is C16H23N3O2. The van der Waals surface area contributed by atoms with Gasteiger partial charge in [0.15, 0.2) is 0 Å². The monoisotopic (exact) mass is 289 g/mol. The van der Waals surface area contributed by atoms with Crippen LogP contribution >= 0.6 is 0 Å². The van der Waals surface area contributed by atoms with Gasteiger partial charge in [-0.1, -0.05) is 19.9 Å². The Hall–Kier alpha value is -1.88. The van der Waals surface area contributed by atoms with Gasteiger partial charge in [0.05, 0.1) is 5.92 Å². The first-order valence-corrected chi connectivity index (χ1v) is 7.42. The normalized spacial score (nSPS) is 21.3. The van der Waals surface area contributed by atoms with Gasteiger partial charge in [0.2, 0.25) is 11.8 Å². The highest BCUT2D eigenvalue weighted by molar-refractivity contribution is 5.95. The number of hydrogen-bond donors (Lipinski definition) is 3. The summed E-state index contributed by atoms with van der Waals surface area (Å²) in [5.41, 5.74) is 1.41. The maximum absolute atomic E-state index is 12.2. The number of nitrogens with one attached hydrogen (secondary N) is 3. The Kier molecular flexibility index (Phi) is 4.96. The summed E-state index contributed by atoms with van der Waals surface area (Å²) >= 11 is 0. The van der Waals surface area contributed by atoms with E-state index in [0.717, 1.165) is 13.0 Å². The first-order valence-electron chi connectivity index (χ1n) is 7.42. The van der Waals surface area contributed by atoms with Crippen LogP contribution in [0.3, 0.4) is 0 Å². The molecule has 0 spiro atoms. The number of amides is 2. The van der Waals surface area contributed by atoms with E-state index in [1.807, 2.05) is 39.0 Å². The molecule has 2 unspecified atom stereocenters. The molecule has 114 valence electrons. The van der Waals surface area contributed by atoms with E-state index < -0.39 is 0 Å². The van der Waals surface area contributed by atoms with Crippen molar-refractivity contribution in [3.8, 4) is 0 Å². The first kappa shape index (κ1) is 15.5. The number of rotatable bonds is 4. The van der Waals surface area contributed by atoms with Gasteiger partial charge in [-0.25, -0.2) is 0 Å². The summed E-state index contributed by atoms with van der Waals surface area (Å²) in [7, 11) is 0. The summed E-state index contributed by atoms with van der Waals surface area (Å²) in [4.78, 5) is 23.9. The van der Waals surface area contributed by atoms with Crippen molar-refractivity contribution in [1.82, 2.24) is 5.32 Å². The second-order valence-electron chi connectivity index (χ2n) is 5.85. The van der Waals surface area contributed by atoms with E-state index in [2.05, 4.69) is 16.0 Å². The summed E-state index contributed by atoms with van der Waals surface area (Å²) in [6.45, 7) is 6.59. The van der Waals surface area contributed by atoms with E-state index in [1.54, 1.807) is 6.07 Å². The van der Waals surface area contributed by atoms with Crippen molar-refractivity contribution in [1.29, 1.82) is 0 Å². The highest BCUT2D eigenvalue weighted by Crippen LogP contribution is 2.20. The smallest absolute Gasteiger partial charge is 0.229 e. The molecule has 2 amide bonds. The summed E-state index contributed by atoms with van der Waals surface area (Å²) in [6, 6.07) is 7.45. The van der Waals surface area contributed by atoms with Crippen LogP contribution < -0.4 is 16.0 Å². The molecule has 1 heterocycles. The van der Waals surface area contributed by atoms with Crippen LogP contribution in [0, 0.1) is 11.8 Å². The van der Waals surface area contributed by atoms with E-state index in [1.165, 1.54) is 0 Å². The minimum atomic E-state index is -0.0753. The molecule has 21 heavy (non-hydrogen) atoms. The third-order valence-electron chi connectivity index (χ3n) is 3.78. The van der Waals surface area contributed by atoms with Crippen LogP contribution in [0.25, 0.3) is 0 Å². The van der Waals surface area contributed by atoms with Gasteiger partial charge < -0.3 is 16.0 Å². The predicted molar refractivity (Wildman–Crippen MR) is 84.1 cm³/mol. The quantitative estimate of drug-likeness (QED) is 0.796. The topological polar surface area (TPSA) is 70.2 Å². The summed E-state index contributed by atoms with van der Waals surface area (Å²) in [5.74, 6) is -0.0838. The molecular weight excluding hydrogens is 266 g/mol. The zero-order valence-corrected chi connectivity index (χ0v) is 12.8. The SMILES string of the molecule is CC(C)C(=O)Nc1cccc(NC(=O)C2CCNC2C)c1. The van der Waals surface area contributed by atoms with Crippen molar-refractivity contribution in [3.63, 3.8) is 0 Å². The van der Waals surface area contributed by atoms with E-state index in [4.69, 9.17) is 0 Å². The fourth-order valence-electron chi connectivity index (χ4n) is 2.41. The summed E-state index contributed by atoms with van der Waals surface area (Å²) in [6.07, 6.45) is 0.858. The standard InChI is InChI=1S/C16H23N3O2/c1-10(2)15(20)18-12-5-4-6-13(9-12)19-16(21)14-7-8-17-11(14)3/h4-6,9-11,14,17H,7-8H2,1-3H3,(H,18,20)(H,19,21). The van der Waals surface area contributed by atoms with Crippen LogP contribution in [-0.4, -0.2) is 24.4 Å². The Bertz CT molecular complexity index is 528. The number of hydrogen-bond acceptors (Lipinski definition) is 3. The second kappa shape index (κ2) is 6.72. The molecule has 3 N–H and O–H groups in total. The number of anilines is 2. The molecule has 1 saturated heterocycles. The fraction of sp³-hybridized carbons (Fsp3) is 0.500. The Balaban J connectivity index is 2.00. The summed E-state index contributed by atoms with van der Waals surface area (Å²) < 4.78 is 0. The average molecular weight is 289 g/mol. The number of benzene rings is 1. The zero-order chi connectivity index (χ0) is 15.4. The van der Waals surface area contributed by atoms with Gasteiger partial charge in [0, 0.05) is 23.3 Å². The molecule has 0 aliphatic carbocycles. The maximum Gasteiger partial charge on any atom is 0.229 e. The third-order valence-corrected chi connectivity index (χ3v) is 3.78. The lowest BCUT2D eigenvalue weighted by atomic mass is 10.0. The van der Waals surface area contributed by atoms with Gasteiger partial charge in [0.1, 0.15) is 0 Å². The number of carbonyl (C=O) groups is 2. The molecule has 1 fully saturated rings. The molecule has 0 saturated carbocycles. The van der Waals surface area contributed by atoms with Gasteiger partial charge >= 0.3 is 0 Å². The van der Waals surface area contributed by atoms with Gasteiger partial charge in [-0.3, -0.25) is 9.59 Å².